The predicted molar refractivity (Wildman–Crippen MR) is 107 cm³/mol. The molecule has 0 saturated carbocycles. The fraction of sp³-hybridized carbons (Fsp3) is 0.263. The largest absolute Gasteiger partial charge is 0.477 e. The number of carboxylic acids is 1. The molecular formula is C19H16N2O6S2. The van der Waals surface area contributed by atoms with Gasteiger partial charge in [0.25, 0.3) is 10.0 Å². The van der Waals surface area contributed by atoms with E-state index in [1.165, 1.54) is 17.3 Å². The molecule has 0 aromatic heterocycles. The maximum absolute atomic E-state index is 13.2. The van der Waals surface area contributed by atoms with Gasteiger partial charge in [-0.15, -0.1) is 0 Å². The van der Waals surface area contributed by atoms with Crippen LogP contribution in [0.3, 0.4) is 0 Å². The van der Waals surface area contributed by atoms with Crippen molar-refractivity contribution in [3.8, 4) is 0 Å². The molecule has 10 heteroatoms. The average Bonchev–Trinajstić information content (AvgIpc) is 3.09. The Kier molecular flexibility index (Phi) is 3.80. The van der Waals surface area contributed by atoms with Gasteiger partial charge in [0.1, 0.15) is 11.1 Å². The fourth-order valence-corrected chi connectivity index (χ4v) is 7.58. The lowest BCUT2D eigenvalue weighted by atomic mass is 9.92. The molecular weight excluding hydrogens is 416 g/mol. The van der Waals surface area contributed by atoms with E-state index in [9.17, 15) is 28.2 Å². The predicted octanol–water partition coefficient (Wildman–Crippen LogP) is 1.56. The van der Waals surface area contributed by atoms with Crippen molar-refractivity contribution in [3.63, 3.8) is 0 Å². The van der Waals surface area contributed by atoms with Crippen molar-refractivity contribution < 1.29 is 28.2 Å². The van der Waals surface area contributed by atoms with Crippen LogP contribution < -0.4 is 4.31 Å². The minimum Gasteiger partial charge on any atom is -0.477 e. The molecule has 2 aromatic carbocycles. The van der Waals surface area contributed by atoms with Crippen molar-refractivity contribution >= 4 is 50.1 Å². The highest BCUT2D eigenvalue weighted by atomic mass is 32.2. The van der Waals surface area contributed by atoms with Gasteiger partial charge < -0.3 is 10.2 Å². The molecule has 3 atom stereocenters. The molecule has 3 heterocycles. The zero-order valence-electron chi connectivity index (χ0n) is 15.1. The van der Waals surface area contributed by atoms with Crippen LogP contribution in [-0.4, -0.2) is 53.4 Å². The quantitative estimate of drug-likeness (QED) is 0.705. The van der Waals surface area contributed by atoms with E-state index in [-0.39, 0.29) is 22.0 Å². The number of rotatable bonds is 4. The monoisotopic (exact) mass is 432 g/mol. The van der Waals surface area contributed by atoms with Gasteiger partial charge in [0.05, 0.1) is 29.1 Å². The summed E-state index contributed by atoms with van der Waals surface area (Å²) in [5.41, 5.74) is 0.281. The number of amides is 1. The number of benzene rings is 2. The average molecular weight is 432 g/mol. The number of aliphatic hydroxyl groups excluding tert-OH is 1. The summed E-state index contributed by atoms with van der Waals surface area (Å²) >= 11 is 1.13. The Hall–Kier alpha value is -2.56. The molecule has 5 rings (SSSR count). The van der Waals surface area contributed by atoms with Gasteiger partial charge in [0.2, 0.25) is 5.91 Å². The number of carbonyl (C=O) groups excluding carboxylic acids is 1. The molecule has 2 N–H and O–H groups in total. The molecule has 8 nitrogen and oxygen atoms in total. The van der Waals surface area contributed by atoms with Gasteiger partial charge in [-0.25, -0.2) is 13.2 Å². The molecule has 1 fully saturated rings. The fourth-order valence-electron chi connectivity index (χ4n) is 4.22. The summed E-state index contributed by atoms with van der Waals surface area (Å²) in [6, 6.07) is 10.3. The molecule has 0 bridgehead atoms. The van der Waals surface area contributed by atoms with Crippen LogP contribution in [0.15, 0.2) is 51.9 Å². The first-order valence-electron chi connectivity index (χ1n) is 8.92. The third-order valence-electron chi connectivity index (χ3n) is 5.54. The van der Waals surface area contributed by atoms with Gasteiger partial charge in [-0.1, -0.05) is 36.0 Å². The lowest BCUT2D eigenvalue weighted by Gasteiger charge is -2.43. The van der Waals surface area contributed by atoms with Crippen molar-refractivity contribution in [1.82, 2.24) is 4.90 Å². The maximum atomic E-state index is 13.2. The van der Waals surface area contributed by atoms with Crippen LogP contribution in [0, 0.1) is 5.92 Å². The zero-order chi connectivity index (χ0) is 20.7. The standard InChI is InChI=1S/C19H16N2O6S2/c1-9(22)14-17(23)21-16(19(24)25)12(28-18(14)21)8-20-11-6-2-4-10-5-3-7-13(15(10)11)29(20,26)27/h2-7,9,14,18,22H,8H2,1H3,(H,24,25)/t9-,14?,18?/m0/s1. The number of carboxylic acid groups (broad SMARTS) is 1. The minimum absolute atomic E-state index is 0.185. The minimum atomic E-state index is -3.85. The normalized spacial score (nSPS) is 25.4. The smallest absolute Gasteiger partial charge is 0.353 e. The molecule has 0 spiro atoms. The van der Waals surface area contributed by atoms with E-state index in [1.54, 1.807) is 18.2 Å². The third kappa shape index (κ3) is 2.33. The van der Waals surface area contributed by atoms with Crippen molar-refractivity contribution in [2.75, 3.05) is 10.8 Å². The Bertz CT molecular complexity index is 1230. The van der Waals surface area contributed by atoms with Crippen molar-refractivity contribution in [1.29, 1.82) is 0 Å². The Morgan fingerprint density at radius 2 is 1.93 bits per heavy atom. The van der Waals surface area contributed by atoms with Gasteiger partial charge >= 0.3 is 5.97 Å². The van der Waals surface area contributed by atoms with Crippen LogP contribution >= 0.6 is 11.8 Å². The second-order valence-electron chi connectivity index (χ2n) is 7.20. The van der Waals surface area contributed by atoms with E-state index in [0.29, 0.717) is 11.1 Å². The number of anilines is 1. The highest BCUT2D eigenvalue weighted by Gasteiger charge is 2.58. The number of nitrogens with zero attached hydrogens (tertiary/aromatic N) is 2. The number of carbonyl (C=O) groups is 2. The number of fused-ring (bicyclic) bond motifs is 1. The van der Waals surface area contributed by atoms with Crippen molar-refractivity contribution in [2.45, 2.75) is 23.3 Å². The number of aliphatic carboxylic acids is 1. The van der Waals surface area contributed by atoms with E-state index in [1.807, 2.05) is 12.1 Å². The van der Waals surface area contributed by atoms with Gasteiger partial charge in [-0.05, 0) is 24.4 Å². The van der Waals surface area contributed by atoms with E-state index in [0.717, 1.165) is 22.0 Å². The summed E-state index contributed by atoms with van der Waals surface area (Å²) in [6.45, 7) is 1.30. The summed E-state index contributed by atoms with van der Waals surface area (Å²) < 4.78 is 27.5. The molecule has 3 aliphatic heterocycles. The highest BCUT2D eigenvalue weighted by Crippen LogP contribution is 2.52. The topological polar surface area (TPSA) is 115 Å². The maximum Gasteiger partial charge on any atom is 0.353 e. The zero-order valence-corrected chi connectivity index (χ0v) is 16.8. The van der Waals surface area contributed by atoms with E-state index >= 15 is 0 Å². The van der Waals surface area contributed by atoms with E-state index in [4.69, 9.17) is 0 Å². The summed E-state index contributed by atoms with van der Waals surface area (Å²) in [4.78, 5) is 25.9. The molecule has 3 aliphatic rings. The van der Waals surface area contributed by atoms with Crippen LogP contribution in [0.1, 0.15) is 6.92 Å². The SMILES string of the molecule is C[C@H](O)C1C(=O)N2C(C(=O)O)=C(CN3c4cccc5cccc(c45)S3(=O)=O)SC12. The van der Waals surface area contributed by atoms with Gasteiger partial charge in [0.15, 0.2) is 0 Å². The lowest BCUT2D eigenvalue weighted by molar-refractivity contribution is -0.156. The molecule has 0 aliphatic carbocycles. The summed E-state index contributed by atoms with van der Waals surface area (Å²) in [5, 5.41) is 20.4. The number of sulfonamides is 1. The van der Waals surface area contributed by atoms with Crippen molar-refractivity contribution in [2.24, 2.45) is 5.92 Å². The molecule has 2 aromatic rings. The Morgan fingerprint density at radius 1 is 1.24 bits per heavy atom. The van der Waals surface area contributed by atoms with Crippen LogP contribution in [-0.2, 0) is 19.6 Å². The Morgan fingerprint density at radius 3 is 2.59 bits per heavy atom. The molecule has 29 heavy (non-hydrogen) atoms. The molecule has 1 saturated heterocycles. The molecule has 1 amide bonds. The van der Waals surface area contributed by atoms with Crippen LogP contribution in [0.5, 0.6) is 0 Å². The number of hydrogen-bond acceptors (Lipinski definition) is 6. The van der Waals surface area contributed by atoms with E-state index < -0.39 is 39.3 Å². The number of aliphatic hydroxyl groups is 1. The summed E-state index contributed by atoms with van der Waals surface area (Å²) in [7, 11) is -3.85. The molecule has 2 unspecified atom stereocenters. The Balaban J connectivity index is 1.59. The Labute approximate surface area is 170 Å². The number of thioether (sulfide) groups is 1. The number of β-lactam (4-membered cyclic amide) rings is 1. The second kappa shape index (κ2) is 5.97. The molecule has 0 radical (unpaired) electrons. The van der Waals surface area contributed by atoms with E-state index in [2.05, 4.69) is 0 Å². The second-order valence-corrected chi connectivity index (χ2v) is 10.2. The highest BCUT2D eigenvalue weighted by molar-refractivity contribution is 8.04. The first-order chi connectivity index (χ1) is 13.7. The first kappa shape index (κ1) is 18.5. The van der Waals surface area contributed by atoms with Crippen LogP contribution in [0.25, 0.3) is 10.8 Å². The van der Waals surface area contributed by atoms with Crippen LogP contribution in [0.2, 0.25) is 0 Å². The molecule has 150 valence electrons. The first-order valence-corrected chi connectivity index (χ1v) is 11.2. The van der Waals surface area contributed by atoms with Gasteiger partial charge in [0, 0.05) is 10.3 Å². The summed E-state index contributed by atoms with van der Waals surface area (Å²) in [6.07, 6.45) is -0.917. The van der Waals surface area contributed by atoms with Crippen molar-refractivity contribution in [3.05, 3.63) is 47.0 Å². The number of hydrogen-bond donors (Lipinski definition) is 2. The third-order valence-corrected chi connectivity index (χ3v) is 8.70. The van der Waals surface area contributed by atoms with Crippen LogP contribution in [0.4, 0.5) is 5.69 Å². The van der Waals surface area contributed by atoms with Gasteiger partial charge in [-0.3, -0.25) is 14.0 Å². The lowest BCUT2D eigenvalue weighted by Crippen LogP contribution is -2.60. The van der Waals surface area contributed by atoms with Gasteiger partial charge in [-0.2, -0.15) is 0 Å². The summed E-state index contributed by atoms with van der Waals surface area (Å²) in [5.74, 6) is -2.46.